The molecule has 0 bridgehead atoms. The highest BCUT2D eigenvalue weighted by Gasteiger charge is 2.26. The van der Waals surface area contributed by atoms with Crippen molar-refractivity contribution in [2.75, 3.05) is 19.6 Å². The predicted octanol–water partition coefficient (Wildman–Crippen LogP) is 4.50. The largest absolute Gasteiger partial charge is 0.342 e. The summed E-state index contributed by atoms with van der Waals surface area (Å²) in [6, 6.07) is 18.8. The summed E-state index contributed by atoms with van der Waals surface area (Å²) in [7, 11) is 0. The fourth-order valence-electron chi connectivity index (χ4n) is 3.92. The van der Waals surface area contributed by atoms with Crippen molar-refractivity contribution in [1.29, 1.82) is 5.26 Å². The predicted molar refractivity (Wildman–Crippen MR) is 118 cm³/mol. The third kappa shape index (κ3) is 5.34. The van der Waals surface area contributed by atoms with Crippen LogP contribution in [0.4, 0.5) is 0 Å². The maximum Gasteiger partial charge on any atom is 0.228 e. The van der Waals surface area contributed by atoms with Gasteiger partial charge >= 0.3 is 0 Å². The van der Waals surface area contributed by atoms with Crippen LogP contribution in [0.25, 0.3) is 16.7 Å². The molecular formula is C25H29N3O. The number of nitriles is 1. The molecule has 1 aliphatic rings. The van der Waals surface area contributed by atoms with E-state index < -0.39 is 0 Å². The highest BCUT2D eigenvalue weighted by molar-refractivity contribution is 5.87. The molecule has 0 saturated carbocycles. The Hall–Kier alpha value is -2.90. The van der Waals surface area contributed by atoms with E-state index >= 15 is 0 Å². The maximum atomic E-state index is 13.0. The average Bonchev–Trinajstić information content (AvgIpc) is 2.76. The number of carbonyl (C=O) groups is 1. The Kier molecular flexibility index (Phi) is 7.21. The second-order valence-corrected chi connectivity index (χ2v) is 7.91. The number of amides is 1. The Labute approximate surface area is 173 Å². The summed E-state index contributed by atoms with van der Waals surface area (Å²) in [4.78, 5) is 13.0. The first kappa shape index (κ1) is 20.8. The van der Waals surface area contributed by atoms with Crippen LogP contribution in [-0.2, 0) is 4.79 Å². The van der Waals surface area contributed by atoms with Gasteiger partial charge < -0.3 is 10.6 Å². The third-order valence-electron chi connectivity index (χ3n) is 5.31. The van der Waals surface area contributed by atoms with Crippen LogP contribution in [0.1, 0.15) is 43.7 Å². The van der Waals surface area contributed by atoms with Crippen LogP contribution >= 0.6 is 0 Å². The zero-order chi connectivity index (χ0) is 20.6. The molecule has 0 fully saturated rings. The normalized spacial score (nSPS) is 14.8. The van der Waals surface area contributed by atoms with Crippen molar-refractivity contribution in [2.45, 2.75) is 32.6 Å². The fourth-order valence-corrected chi connectivity index (χ4v) is 3.92. The lowest BCUT2D eigenvalue weighted by atomic mass is 9.82. The van der Waals surface area contributed by atoms with Gasteiger partial charge in [-0.3, -0.25) is 4.79 Å². The SMILES string of the molecule is CC(C)CC(C(=O)NCC#N)c1cc(-c2ccccc2)ccc1C1=CCNCC1. The molecule has 4 heteroatoms. The Morgan fingerprint density at radius 3 is 2.62 bits per heavy atom. The highest BCUT2D eigenvalue weighted by Crippen LogP contribution is 2.35. The summed E-state index contributed by atoms with van der Waals surface area (Å²) < 4.78 is 0. The Morgan fingerprint density at radius 2 is 1.97 bits per heavy atom. The molecule has 1 amide bonds. The molecule has 2 aromatic rings. The minimum Gasteiger partial charge on any atom is -0.342 e. The second kappa shape index (κ2) is 10.0. The molecule has 1 atom stereocenters. The van der Waals surface area contributed by atoms with Gasteiger partial charge in [0.05, 0.1) is 12.0 Å². The van der Waals surface area contributed by atoms with E-state index in [-0.39, 0.29) is 18.4 Å². The number of nitrogens with zero attached hydrogens (tertiary/aromatic N) is 1. The minimum absolute atomic E-state index is 0.0355. The van der Waals surface area contributed by atoms with Crippen LogP contribution in [0.5, 0.6) is 0 Å². The topological polar surface area (TPSA) is 64.9 Å². The molecule has 3 rings (SSSR count). The van der Waals surface area contributed by atoms with Crippen LogP contribution in [0.15, 0.2) is 54.6 Å². The number of benzene rings is 2. The van der Waals surface area contributed by atoms with E-state index in [1.54, 1.807) is 0 Å². The van der Waals surface area contributed by atoms with E-state index in [1.807, 2.05) is 24.3 Å². The van der Waals surface area contributed by atoms with Gasteiger partial charge in [-0.05, 0) is 59.2 Å². The first-order chi connectivity index (χ1) is 14.1. The lowest BCUT2D eigenvalue weighted by Crippen LogP contribution is -2.31. The highest BCUT2D eigenvalue weighted by atomic mass is 16.1. The van der Waals surface area contributed by atoms with Gasteiger partial charge in [-0.2, -0.15) is 5.26 Å². The quantitative estimate of drug-likeness (QED) is 0.688. The summed E-state index contributed by atoms with van der Waals surface area (Å²) in [6.45, 7) is 6.10. The van der Waals surface area contributed by atoms with Crippen molar-refractivity contribution in [3.63, 3.8) is 0 Å². The first-order valence-electron chi connectivity index (χ1n) is 10.3. The number of nitrogens with one attached hydrogen (secondary N) is 2. The van der Waals surface area contributed by atoms with Crippen molar-refractivity contribution in [2.24, 2.45) is 5.92 Å². The molecule has 1 unspecified atom stereocenters. The first-order valence-corrected chi connectivity index (χ1v) is 10.3. The average molecular weight is 388 g/mol. The van der Waals surface area contributed by atoms with Crippen molar-refractivity contribution >= 4 is 11.5 Å². The van der Waals surface area contributed by atoms with E-state index in [1.165, 1.54) is 5.57 Å². The van der Waals surface area contributed by atoms with E-state index in [2.05, 4.69) is 60.9 Å². The number of hydrogen-bond acceptors (Lipinski definition) is 3. The molecule has 0 spiro atoms. The van der Waals surface area contributed by atoms with Crippen molar-refractivity contribution in [3.8, 4) is 17.2 Å². The van der Waals surface area contributed by atoms with Crippen molar-refractivity contribution in [1.82, 2.24) is 10.6 Å². The van der Waals surface area contributed by atoms with Crippen LogP contribution in [0.2, 0.25) is 0 Å². The van der Waals surface area contributed by atoms with Gasteiger partial charge in [0.25, 0.3) is 0 Å². The minimum atomic E-state index is -0.280. The van der Waals surface area contributed by atoms with E-state index in [4.69, 9.17) is 5.26 Å². The van der Waals surface area contributed by atoms with E-state index in [0.29, 0.717) is 5.92 Å². The molecule has 2 N–H and O–H groups in total. The van der Waals surface area contributed by atoms with Gasteiger partial charge in [0.15, 0.2) is 0 Å². The molecule has 0 aliphatic carbocycles. The van der Waals surface area contributed by atoms with Crippen LogP contribution < -0.4 is 10.6 Å². The third-order valence-corrected chi connectivity index (χ3v) is 5.31. The Balaban J connectivity index is 2.10. The summed E-state index contributed by atoms with van der Waals surface area (Å²) in [6.07, 6.45) is 3.92. The zero-order valence-electron chi connectivity index (χ0n) is 17.2. The lowest BCUT2D eigenvalue weighted by molar-refractivity contribution is -0.122. The zero-order valence-corrected chi connectivity index (χ0v) is 17.2. The van der Waals surface area contributed by atoms with Gasteiger partial charge in [-0.25, -0.2) is 0 Å². The molecular weight excluding hydrogens is 358 g/mol. The van der Waals surface area contributed by atoms with Crippen molar-refractivity contribution in [3.05, 3.63) is 65.7 Å². The molecule has 0 radical (unpaired) electrons. The second-order valence-electron chi connectivity index (χ2n) is 7.91. The van der Waals surface area contributed by atoms with E-state index in [9.17, 15) is 4.79 Å². The van der Waals surface area contributed by atoms with E-state index in [0.717, 1.165) is 48.2 Å². The lowest BCUT2D eigenvalue weighted by Gasteiger charge is -2.25. The van der Waals surface area contributed by atoms with Gasteiger partial charge in [-0.1, -0.05) is 62.4 Å². The Bertz CT molecular complexity index is 909. The number of rotatable bonds is 7. The van der Waals surface area contributed by atoms with Gasteiger partial charge in [0, 0.05) is 6.54 Å². The molecule has 150 valence electrons. The molecule has 4 nitrogen and oxygen atoms in total. The molecule has 0 aromatic heterocycles. The summed E-state index contributed by atoms with van der Waals surface area (Å²) in [5.74, 6) is 0.0158. The maximum absolute atomic E-state index is 13.0. The molecule has 1 heterocycles. The molecule has 1 aliphatic heterocycles. The number of hydrogen-bond donors (Lipinski definition) is 2. The monoisotopic (exact) mass is 387 g/mol. The smallest absolute Gasteiger partial charge is 0.228 e. The van der Waals surface area contributed by atoms with Crippen LogP contribution in [0, 0.1) is 17.2 Å². The summed E-state index contributed by atoms with van der Waals surface area (Å²) in [5, 5.41) is 15.1. The number of carbonyl (C=O) groups excluding carboxylic acids is 1. The Morgan fingerprint density at radius 1 is 1.17 bits per heavy atom. The summed E-state index contributed by atoms with van der Waals surface area (Å²) in [5.41, 5.74) is 5.76. The molecule has 29 heavy (non-hydrogen) atoms. The van der Waals surface area contributed by atoms with Crippen molar-refractivity contribution < 1.29 is 4.79 Å². The molecule has 2 aromatic carbocycles. The molecule has 0 saturated heterocycles. The summed E-state index contributed by atoms with van der Waals surface area (Å²) >= 11 is 0. The van der Waals surface area contributed by atoms with Crippen LogP contribution in [0.3, 0.4) is 0 Å². The van der Waals surface area contributed by atoms with Crippen LogP contribution in [-0.4, -0.2) is 25.5 Å². The van der Waals surface area contributed by atoms with Gasteiger partial charge in [-0.15, -0.1) is 0 Å². The van der Waals surface area contributed by atoms with Gasteiger partial charge in [0.2, 0.25) is 5.91 Å². The fraction of sp³-hybridized carbons (Fsp3) is 0.360. The standard InChI is InChI=1S/C25H29N3O/c1-18(2)16-24(25(29)28-15-12-26)23-17-21(19-6-4-3-5-7-19)8-9-22(23)20-10-13-27-14-11-20/h3-10,17-18,24,27H,11,13-16H2,1-2H3,(H,28,29). The van der Waals surface area contributed by atoms with Gasteiger partial charge in [0.1, 0.15) is 6.54 Å².